The standard InChI is InChI=1S/C19H14N2O3/c22-19(13-5-2-1-3-6-13)20-18-15-8-4-7-12-9-10-14(17(12)15)11-16(18)21(23)24/h1-8,11H,9-10H2,(H,20,22). The van der Waals surface area contributed by atoms with Crippen molar-refractivity contribution in [3.63, 3.8) is 0 Å². The molecule has 1 amide bonds. The third-order valence-electron chi connectivity index (χ3n) is 4.44. The van der Waals surface area contributed by atoms with E-state index < -0.39 is 4.92 Å². The van der Waals surface area contributed by atoms with E-state index in [2.05, 4.69) is 5.32 Å². The van der Waals surface area contributed by atoms with Gasteiger partial charge in [0.15, 0.2) is 0 Å². The summed E-state index contributed by atoms with van der Waals surface area (Å²) in [7, 11) is 0. The Morgan fingerprint density at radius 3 is 2.50 bits per heavy atom. The molecule has 0 atom stereocenters. The average Bonchev–Trinajstić information content (AvgIpc) is 3.02. The summed E-state index contributed by atoms with van der Waals surface area (Å²) in [5.41, 5.74) is 2.84. The molecular formula is C19H14N2O3. The van der Waals surface area contributed by atoms with Gasteiger partial charge in [-0.1, -0.05) is 36.4 Å². The molecule has 3 aromatic carbocycles. The Morgan fingerprint density at radius 1 is 1.00 bits per heavy atom. The second kappa shape index (κ2) is 5.45. The van der Waals surface area contributed by atoms with Crippen LogP contribution in [0.5, 0.6) is 0 Å². The van der Waals surface area contributed by atoms with Crippen LogP contribution in [0.25, 0.3) is 10.8 Å². The topological polar surface area (TPSA) is 72.2 Å². The van der Waals surface area contributed by atoms with E-state index in [4.69, 9.17) is 0 Å². The molecule has 0 unspecified atom stereocenters. The van der Waals surface area contributed by atoms with Gasteiger partial charge in [-0.2, -0.15) is 0 Å². The van der Waals surface area contributed by atoms with Crippen LogP contribution in [-0.2, 0) is 12.8 Å². The minimum absolute atomic E-state index is 0.0548. The van der Waals surface area contributed by atoms with Crippen molar-refractivity contribution >= 4 is 28.1 Å². The van der Waals surface area contributed by atoms with Crippen LogP contribution in [0, 0.1) is 10.1 Å². The monoisotopic (exact) mass is 318 g/mol. The summed E-state index contributed by atoms with van der Waals surface area (Å²) in [6, 6.07) is 16.1. The SMILES string of the molecule is O=C(Nc1c([N+](=O)[O-])cc2c3c(cccc13)CC2)c1ccccc1. The number of carbonyl (C=O) groups is 1. The van der Waals surface area contributed by atoms with Crippen LogP contribution >= 0.6 is 0 Å². The molecule has 0 aromatic heterocycles. The van der Waals surface area contributed by atoms with E-state index in [1.807, 2.05) is 24.3 Å². The predicted octanol–water partition coefficient (Wildman–Crippen LogP) is 4.10. The first-order valence-electron chi connectivity index (χ1n) is 7.73. The molecule has 0 bridgehead atoms. The molecule has 1 aliphatic carbocycles. The van der Waals surface area contributed by atoms with E-state index in [0.29, 0.717) is 5.56 Å². The van der Waals surface area contributed by atoms with Gasteiger partial charge in [-0.15, -0.1) is 0 Å². The number of anilines is 1. The predicted molar refractivity (Wildman–Crippen MR) is 92.4 cm³/mol. The highest BCUT2D eigenvalue weighted by Gasteiger charge is 2.25. The largest absolute Gasteiger partial charge is 0.316 e. The number of nitro groups is 1. The smallest absolute Gasteiger partial charge is 0.293 e. The zero-order valence-corrected chi connectivity index (χ0v) is 12.8. The number of rotatable bonds is 3. The summed E-state index contributed by atoms with van der Waals surface area (Å²) >= 11 is 0. The lowest BCUT2D eigenvalue weighted by molar-refractivity contribution is -0.383. The van der Waals surface area contributed by atoms with E-state index in [1.165, 1.54) is 5.56 Å². The number of nitrogens with zero attached hydrogens (tertiary/aromatic N) is 1. The number of aryl methyl sites for hydroxylation is 2. The molecule has 3 aromatic rings. The fourth-order valence-electron chi connectivity index (χ4n) is 3.36. The normalized spacial score (nSPS) is 12.3. The van der Waals surface area contributed by atoms with Crippen LogP contribution in [0.3, 0.4) is 0 Å². The Morgan fingerprint density at radius 2 is 1.75 bits per heavy atom. The third kappa shape index (κ3) is 2.22. The number of hydrogen-bond donors (Lipinski definition) is 1. The summed E-state index contributed by atoms with van der Waals surface area (Å²) < 4.78 is 0. The fourth-order valence-corrected chi connectivity index (χ4v) is 3.36. The number of benzene rings is 3. The molecule has 1 aliphatic rings. The van der Waals surface area contributed by atoms with Gasteiger partial charge in [0.25, 0.3) is 11.6 Å². The first-order chi connectivity index (χ1) is 11.6. The zero-order valence-electron chi connectivity index (χ0n) is 12.8. The number of nitro benzene ring substituents is 1. The number of carbonyl (C=O) groups excluding carboxylic acids is 1. The van der Waals surface area contributed by atoms with Crippen molar-refractivity contribution in [1.82, 2.24) is 0 Å². The van der Waals surface area contributed by atoms with Crippen molar-refractivity contribution in [2.75, 3.05) is 5.32 Å². The van der Waals surface area contributed by atoms with Crippen LogP contribution in [-0.4, -0.2) is 10.8 Å². The van der Waals surface area contributed by atoms with Crippen molar-refractivity contribution in [2.45, 2.75) is 12.8 Å². The van der Waals surface area contributed by atoms with E-state index in [-0.39, 0.29) is 17.3 Å². The van der Waals surface area contributed by atoms with Crippen LogP contribution in [0.1, 0.15) is 21.5 Å². The second-order valence-electron chi connectivity index (χ2n) is 5.85. The highest BCUT2D eigenvalue weighted by atomic mass is 16.6. The van der Waals surface area contributed by atoms with Gasteiger partial charge in [0.05, 0.1) is 4.92 Å². The molecule has 5 heteroatoms. The Kier molecular flexibility index (Phi) is 3.27. The quantitative estimate of drug-likeness (QED) is 0.584. The molecule has 4 rings (SSSR count). The first-order valence-corrected chi connectivity index (χ1v) is 7.73. The van der Waals surface area contributed by atoms with Crippen molar-refractivity contribution in [2.24, 2.45) is 0 Å². The first kappa shape index (κ1) is 14.4. The lowest BCUT2D eigenvalue weighted by Gasteiger charge is -2.11. The molecule has 5 nitrogen and oxygen atoms in total. The molecule has 24 heavy (non-hydrogen) atoms. The maximum absolute atomic E-state index is 12.5. The Balaban J connectivity index is 1.89. The molecule has 0 heterocycles. The lowest BCUT2D eigenvalue weighted by atomic mass is 10.0. The maximum Gasteiger partial charge on any atom is 0.293 e. The molecule has 0 spiro atoms. The van der Waals surface area contributed by atoms with Gasteiger partial charge in [-0.05, 0) is 41.5 Å². The number of nitrogens with one attached hydrogen (secondary N) is 1. The minimum atomic E-state index is -0.429. The van der Waals surface area contributed by atoms with Crippen LogP contribution in [0.15, 0.2) is 54.6 Å². The van der Waals surface area contributed by atoms with Gasteiger partial charge < -0.3 is 5.32 Å². The zero-order chi connectivity index (χ0) is 16.7. The van der Waals surface area contributed by atoms with Gasteiger partial charge in [0.1, 0.15) is 5.69 Å². The molecule has 118 valence electrons. The van der Waals surface area contributed by atoms with Crippen molar-refractivity contribution < 1.29 is 9.72 Å². The molecule has 0 saturated heterocycles. The van der Waals surface area contributed by atoms with E-state index in [1.54, 1.807) is 30.3 Å². The Hall–Kier alpha value is -3.21. The van der Waals surface area contributed by atoms with Gasteiger partial charge in [0.2, 0.25) is 0 Å². The van der Waals surface area contributed by atoms with Crippen molar-refractivity contribution in [3.8, 4) is 0 Å². The fraction of sp³-hybridized carbons (Fsp3) is 0.105. The maximum atomic E-state index is 12.5. The van der Waals surface area contributed by atoms with Crippen molar-refractivity contribution in [3.05, 3.63) is 81.4 Å². The molecular weight excluding hydrogens is 304 g/mol. The summed E-state index contributed by atoms with van der Waals surface area (Å²) in [5, 5.41) is 16.0. The van der Waals surface area contributed by atoms with E-state index >= 15 is 0 Å². The summed E-state index contributed by atoms with van der Waals surface area (Å²) in [4.78, 5) is 23.6. The van der Waals surface area contributed by atoms with E-state index in [0.717, 1.165) is 29.2 Å². The van der Waals surface area contributed by atoms with Gasteiger partial charge in [-0.3, -0.25) is 14.9 Å². The number of amides is 1. The highest BCUT2D eigenvalue weighted by molar-refractivity contribution is 6.13. The van der Waals surface area contributed by atoms with Gasteiger partial charge in [0, 0.05) is 17.0 Å². The Bertz CT molecular complexity index is 981. The summed E-state index contributed by atoms with van der Waals surface area (Å²) in [6.07, 6.45) is 1.67. The summed E-state index contributed by atoms with van der Waals surface area (Å²) in [6.45, 7) is 0. The molecule has 0 saturated carbocycles. The lowest BCUT2D eigenvalue weighted by Crippen LogP contribution is -2.13. The van der Waals surface area contributed by atoms with Crippen LogP contribution < -0.4 is 5.32 Å². The molecule has 0 aliphatic heterocycles. The second-order valence-corrected chi connectivity index (χ2v) is 5.85. The van der Waals surface area contributed by atoms with Crippen molar-refractivity contribution in [1.29, 1.82) is 0 Å². The molecule has 1 N–H and O–H groups in total. The van der Waals surface area contributed by atoms with Gasteiger partial charge in [-0.25, -0.2) is 0 Å². The van der Waals surface area contributed by atoms with Crippen LogP contribution in [0.2, 0.25) is 0 Å². The Labute approximate surface area is 138 Å². The average molecular weight is 318 g/mol. The minimum Gasteiger partial charge on any atom is -0.316 e. The van der Waals surface area contributed by atoms with Gasteiger partial charge >= 0.3 is 0 Å². The number of hydrogen-bond acceptors (Lipinski definition) is 3. The van der Waals surface area contributed by atoms with E-state index in [9.17, 15) is 14.9 Å². The van der Waals surface area contributed by atoms with Crippen LogP contribution in [0.4, 0.5) is 11.4 Å². The molecule has 0 fully saturated rings. The molecule has 0 radical (unpaired) electrons. The highest BCUT2D eigenvalue weighted by Crippen LogP contribution is 2.41. The third-order valence-corrected chi connectivity index (χ3v) is 4.44. The summed E-state index contributed by atoms with van der Waals surface area (Å²) in [5.74, 6) is -0.350.